The molecular formula is C25H36N2. The third-order valence-electron chi connectivity index (χ3n) is 5.15. The number of benzene rings is 2. The molecule has 1 atom stereocenters. The van der Waals surface area contributed by atoms with Gasteiger partial charge in [-0.25, -0.2) is 0 Å². The molecule has 2 nitrogen and oxygen atoms in total. The molecule has 2 N–H and O–H groups in total. The number of hydrogen-bond acceptors (Lipinski definition) is 1. The van der Waals surface area contributed by atoms with Gasteiger partial charge < -0.3 is 10.3 Å². The van der Waals surface area contributed by atoms with E-state index in [4.69, 9.17) is 0 Å². The Labute approximate surface area is 165 Å². The van der Waals surface area contributed by atoms with Crippen molar-refractivity contribution in [2.75, 3.05) is 5.32 Å². The first-order chi connectivity index (χ1) is 12.1. The van der Waals surface area contributed by atoms with E-state index in [0.29, 0.717) is 11.5 Å². The third kappa shape index (κ3) is 4.94. The maximum atomic E-state index is 3.57. The number of nitrogens with one attached hydrogen (secondary N) is 2. The van der Waals surface area contributed by atoms with Crippen LogP contribution in [-0.2, 0) is 11.8 Å². The molecule has 0 radical (unpaired) electrons. The Morgan fingerprint density at radius 3 is 2.07 bits per heavy atom. The predicted molar refractivity (Wildman–Crippen MR) is 121 cm³/mol. The predicted octanol–water partition coefficient (Wildman–Crippen LogP) is 7.17. The van der Waals surface area contributed by atoms with E-state index < -0.39 is 0 Å². The second-order valence-corrected chi connectivity index (χ2v) is 9.44. The van der Waals surface area contributed by atoms with Crippen molar-refractivity contribution < 1.29 is 0 Å². The SMILES string of the molecule is C.CC(C)(C)C1Cc2ccccc2N1.CC(C)(C)c1cc2ccccc2[nH]1. The Morgan fingerprint density at radius 1 is 0.852 bits per heavy atom. The van der Waals surface area contributed by atoms with E-state index in [0.717, 1.165) is 0 Å². The van der Waals surface area contributed by atoms with Crippen LogP contribution in [0.2, 0.25) is 0 Å². The molecule has 0 saturated heterocycles. The summed E-state index contributed by atoms with van der Waals surface area (Å²) in [5.41, 5.74) is 5.86. The number of para-hydroxylation sites is 2. The standard InChI is InChI=1S/C12H17N.C12H15N.CH4/c2*1-12(2,3)11-8-9-6-4-5-7-10(9)13-11;/h4-7,11,13H,8H2,1-3H3;4-8,13H,1-3H3;1H4. The molecule has 0 saturated carbocycles. The van der Waals surface area contributed by atoms with Crippen molar-refractivity contribution in [2.24, 2.45) is 5.41 Å². The summed E-state index contributed by atoms with van der Waals surface area (Å²) in [5, 5.41) is 4.87. The van der Waals surface area contributed by atoms with Crippen molar-refractivity contribution in [2.45, 2.75) is 66.8 Å². The number of rotatable bonds is 0. The van der Waals surface area contributed by atoms with Crippen molar-refractivity contribution in [1.29, 1.82) is 0 Å². The lowest BCUT2D eigenvalue weighted by molar-refractivity contribution is 0.347. The highest BCUT2D eigenvalue weighted by atomic mass is 15.0. The second kappa shape index (κ2) is 7.80. The normalized spacial score (nSPS) is 16.0. The summed E-state index contributed by atoms with van der Waals surface area (Å²) in [4.78, 5) is 3.44. The number of hydrogen-bond donors (Lipinski definition) is 2. The fraction of sp³-hybridized carbons (Fsp3) is 0.440. The van der Waals surface area contributed by atoms with Gasteiger partial charge >= 0.3 is 0 Å². The topological polar surface area (TPSA) is 27.8 Å². The highest BCUT2D eigenvalue weighted by Gasteiger charge is 2.29. The van der Waals surface area contributed by atoms with E-state index in [1.54, 1.807) is 0 Å². The first-order valence-corrected chi connectivity index (χ1v) is 9.57. The average molecular weight is 365 g/mol. The van der Waals surface area contributed by atoms with Gasteiger partial charge in [0.1, 0.15) is 0 Å². The Bertz CT molecular complexity index is 817. The molecule has 0 fully saturated rings. The summed E-state index contributed by atoms with van der Waals surface area (Å²) in [6, 6.07) is 19.8. The Hall–Kier alpha value is -2.22. The van der Waals surface area contributed by atoms with E-state index in [-0.39, 0.29) is 12.8 Å². The minimum atomic E-state index is 0. The van der Waals surface area contributed by atoms with Crippen molar-refractivity contribution >= 4 is 16.6 Å². The molecule has 2 heteroatoms. The van der Waals surface area contributed by atoms with Crippen LogP contribution in [0.3, 0.4) is 0 Å². The molecule has 1 aliphatic rings. The van der Waals surface area contributed by atoms with Gasteiger partial charge in [-0.3, -0.25) is 0 Å². The fourth-order valence-corrected chi connectivity index (χ4v) is 3.30. The van der Waals surface area contributed by atoms with Crippen LogP contribution in [0.25, 0.3) is 10.9 Å². The summed E-state index contributed by atoms with van der Waals surface area (Å²) in [7, 11) is 0. The summed E-state index contributed by atoms with van der Waals surface area (Å²) >= 11 is 0. The number of H-pyrrole nitrogens is 1. The van der Waals surface area contributed by atoms with Crippen LogP contribution in [0.15, 0.2) is 54.6 Å². The molecule has 3 aromatic rings. The molecule has 2 aromatic carbocycles. The summed E-state index contributed by atoms with van der Waals surface area (Å²) in [6.07, 6.45) is 1.17. The van der Waals surface area contributed by atoms with E-state index in [1.807, 2.05) is 0 Å². The zero-order chi connectivity index (χ0) is 18.9. The van der Waals surface area contributed by atoms with Crippen molar-refractivity contribution in [1.82, 2.24) is 4.98 Å². The number of aromatic nitrogens is 1. The molecule has 0 spiro atoms. The first kappa shape index (κ1) is 21.1. The van der Waals surface area contributed by atoms with Gasteiger partial charge in [-0.2, -0.15) is 0 Å². The van der Waals surface area contributed by atoms with Gasteiger partial charge in [-0.15, -0.1) is 0 Å². The highest BCUT2D eigenvalue weighted by molar-refractivity contribution is 5.80. The van der Waals surface area contributed by atoms with Gasteiger partial charge in [-0.05, 0) is 41.0 Å². The summed E-state index contributed by atoms with van der Waals surface area (Å²) in [5.74, 6) is 0. The van der Waals surface area contributed by atoms with Crippen LogP contribution < -0.4 is 5.32 Å². The molecule has 146 valence electrons. The molecule has 0 bridgehead atoms. The third-order valence-corrected chi connectivity index (χ3v) is 5.15. The largest absolute Gasteiger partial charge is 0.381 e. The van der Waals surface area contributed by atoms with Gasteiger partial charge in [0.05, 0.1) is 0 Å². The monoisotopic (exact) mass is 364 g/mol. The number of fused-ring (bicyclic) bond motifs is 2. The average Bonchev–Trinajstić information content (AvgIpc) is 3.19. The van der Waals surface area contributed by atoms with Crippen LogP contribution in [-0.4, -0.2) is 11.0 Å². The first-order valence-electron chi connectivity index (χ1n) is 9.57. The van der Waals surface area contributed by atoms with Crippen LogP contribution >= 0.6 is 0 Å². The molecule has 1 aromatic heterocycles. The Morgan fingerprint density at radius 2 is 1.48 bits per heavy atom. The van der Waals surface area contributed by atoms with Crippen LogP contribution in [0.1, 0.15) is 60.2 Å². The summed E-state index contributed by atoms with van der Waals surface area (Å²) < 4.78 is 0. The molecule has 1 unspecified atom stereocenters. The number of anilines is 1. The van der Waals surface area contributed by atoms with Gasteiger partial charge in [0.25, 0.3) is 0 Å². The lowest BCUT2D eigenvalue weighted by Gasteiger charge is -2.27. The highest BCUT2D eigenvalue weighted by Crippen LogP contribution is 2.33. The lowest BCUT2D eigenvalue weighted by atomic mass is 9.85. The van der Waals surface area contributed by atoms with E-state index in [2.05, 4.69) is 106 Å². The second-order valence-electron chi connectivity index (χ2n) is 9.44. The van der Waals surface area contributed by atoms with Gasteiger partial charge in [0.15, 0.2) is 0 Å². The zero-order valence-corrected chi connectivity index (χ0v) is 17.0. The van der Waals surface area contributed by atoms with Crippen molar-refractivity contribution in [3.05, 3.63) is 65.9 Å². The van der Waals surface area contributed by atoms with E-state index in [1.165, 1.54) is 34.3 Å². The smallest absolute Gasteiger partial charge is 0.0456 e. The minimum absolute atomic E-state index is 0. The molecule has 0 amide bonds. The maximum Gasteiger partial charge on any atom is 0.0456 e. The van der Waals surface area contributed by atoms with Gasteiger partial charge in [-0.1, -0.05) is 85.4 Å². The molecule has 4 rings (SSSR count). The maximum absolute atomic E-state index is 3.57. The fourth-order valence-electron chi connectivity index (χ4n) is 3.30. The molecule has 1 aliphatic heterocycles. The molecule has 0 aliphatic carbocycles. The summed E-state index contributed by atoms with van der Waals surface area (Å²) in [6.45, 7) is 13.5. The van der Waals surface area contributed by atoms with Gasteiger partial charge in [0, 0.05) is 28.4 Å². The van der Waals surface area contributed by atoms with Crippen molar-refractivity contribution in [3.63, 3.8) is 0 Å². The molecular weight excluding hydrogens is 328 g/mol. The minimum Gasteiger partial charge on any atom is -0.381 e. The van der Waals surface area contributed by atoms with Gasteiger partial charge in [0.2, 0.25) is 0 Å². The van der Waals surface area contributed by atoms with E-state index >= 15 is 0 Å². The molecule has 2 heterocycles. The zero-order valence-electron chi connectivity index (χ0n) is 17.0. The Kier molecular flexibility index (Phi) is 6.09. The van der Waals surface area contributed by atoms with E-state index in [9.17, 15) is 0 Å². The van der Waals surface area contributed by atoms with Crippen LogP contribution in [0.4, 0.5) is 5.69 Å². The van der Waals surface area contributed by atoms with Crippen LogP contribution in [0.5, 0.6) is 0 Å². The molecule has 27 heavy (non-hydrogen) atoms. The van der Waals surface area contributed by atoms with Crippen LogP contribution in [0, 0.1) is 5.41 Å². The van der Waals surface area contributed by atoms with Crippen molar-refractivity contribution in [3.8, 4) is 0 Å². The lowest BCUT2D eigenvalue weighted by Crippen LogP contribution is -2.31. The number of aromatic amines is 1. The quantitative estimate of drug-likeness (QED) is 0.435. The Balaban J connectivity index is 0.000000187.